The second kappa shape index (κ2) is 4.18. The highest BCUT2D eigenvalue weighted by atomic mass is 35.5. The third kappa shape index (κ3) is 3.56. The van der Waals surface area contributed by atoms with Crippen LogP contribution < -0.4 is 4.72 Å². The van der Waals surface area contributed by atoms with Gasteiger partial charge in [-0.3, -0.25) is 0 Å². The standard InChI is InChI=1S/C6H10ClNO4S2/c7-2-4-14(11,12)8-6-1-3-13(9,10)5-6/h1,3,6,8H,2,4-5H2. The molecule has 8 heteroatoms. The fourth-order valence-corrected chi connectivity index (χ4v) is 3.93. The van der Waals surface area contributed by atoms with Gasteiger partial charge in [0, 0.05) is 11.3 Å². The van der Waals surface area contributed by atoms with E-state index < -0.39 is 25.9 Å². The van der Waals surface area contributed by atoms with E-state index in [-0.39, 0.29) is 17.4 Å². The Labute approximate surface area is 88.1 Å². The zero-order valence-corrected chi connectivity index (χ0v) is 9.57. The number of sulfonamides is 1. The van der Waals surface area contributed by atoms with Crippen molar-refractivity contribution in [2.75, 3.05) is 17.4 Å². The fourth-order valence-electron chi connectivity index (χ4n) is 1.04. The van der Waals surface area contributed by atoms with Crippen LogP contribution in [0.3, 0.4) is 0 Å². The number of halogens is 1. The summed E-state index contributed by atoms with van der Waals surface area (Å²) < 4.78 is 46.5. The van der Waals surface area contributed by atoms with E-state index in [0.29, 0.717) is 0 Å². The first-order chi connectivity index (χ1) is 6.35. The van der Waals surface area contributed by atoms with Crippen molar-refractivity contribution >= 4 is 31.5 Å². The van der Waals surface area contributed by atoms with Crippen LogP contribution in [-0.2, 0) is 19.9 Å². The molecule has 1 heterocycles. The maximum Gasteiger partial charge on any atom is 0.213 e. The van der Waals surface area contributed by atoms with Crippen LogP contribution in [0.15, 0.2) is 11.5 Å². The Kier molecular flexibility index (Phi) is 3.57. The van der Waals surface area contributed by atoms with E-state index in [1.54, 1.807) is 0 Å². The summed E-state index contributed by atoms with van der Waals surface area (Å²) >= 11 is 5.27. The fraction of sp³-hybridized carbons (Fsp3) is 0.667. The maximum atomic E-state index is 11.2. The summed E-state index contributed by atoms with van der Waals surface area (Å²) in [7, 11) is -6.69. The summed E-state index contributed by atoms with van der Waals surface area (Å²) in [6.07, 6.45) is 1.32. The second-order valence-electron chi connectivity index (χ2n) is 2.89. The largest absolute Gasteiger partial charge is 0.224 e. The number of nitrogens with one attached hydrogen (secondary N) is 1. The molecule has 1 unspecified atom stereocenters. The molecular weight excluding hydrogens is 250 g/mol. The predicted molar refractivity (Wildman–Crippen MR) is 54.4 cm³/mol. The Morgan fingerprint density at radius 2 is 2.14 bits per heavy atom. The van der Waals surface area contributed by atoms with Gasteiger partial charge in [0.2, 0.25) is 10.0 Å². The summed E-state index contributed by atoms with van der Waals surface area (Å²) in [5, 5.41) is 1.01. The van der Waals surface area contributed by atoms with Crippen molar-refractivity contribution < 1.29 is 16.8 Å². The number of hydrogen-bond acceptors (Lipinski definition) is 4. The Morgan fingerprint density at radius 1 is 1.50 bits per heavy atom. The average molecular weight is 260 g/mol. The molecule has 14 heavy (non-hydrogen) atoms. The van der Waals surface area contributed by atoms with Crippen LogP contribution in [-0.4, -0.2) is 40.3 Å². The molecule has 1 N–H and O–H groups in total. The van der Waals surface area contributed by atoms with Crippen LogP contribution in [0, 0.1) is 0 Å². The number of sulfone groups is 1. The number of alkyl halides is 1. The lowest BCUT2D eigenvalue weighted by molar-refractivity contribution is 0.576. The number of rotatable bonds is 4. The zero-order valence-electron chi connectivity index (χ0n) is 7.18. The molecule has 1 atom stereocenters. The van der Waals surface area contributed by atoms with Crippen LogP contribution in [0.5, 0.6) is 0 Å². The molecule has 1 aliphatic rings. The smallest absolute Gasteiger partial charge is 0.213 e. The van der Waals surface area contributed by atoms with Crippen LogP contribution in [0.25, 0.3) is 0 Å². The van der Waals surface area contributed by atoms with Gasteiger partial charge in [0.15, 0.2) is 9.84 Å². The van der Waals surface area contributed by atoms with Crippen molar-refractivity contribution in [3.63, 3.8) is 0 Å². The minimum atomic E-state index is -3.46. The highest BCUT2D eigenvalue weighted by Gasteiger charge is 2.25. The molecular formula is C6H10ClNO4S2. The number of hydrogen-bond donors (Lipinski definition) is 1. The van der Waals surface area contributed by atoms with Crippen molar-refractivity contribution in [1.82, 2.24) is 4.72 Å². The molecule has 0 fully saturated rings. The van der Waals surface area contributed by atoms with Gasteiger partial charge in [-0.15, -0.1) is 11.6 Å². The van der Waals surface area contributed by atoms with E-state index in [9.17, 15) is 16.8 Å². The van der Waals surface area contributed by atoms with Gasteiger partial charge in [-0.05, 0) is 0 Å². The second-order valence-corrected chi connectivity index (χ2v) is 7.07. The minimum Gasteiger partial charge on any atom is -0.224 e. The molecule has 0 amide bonds. The molecule has 1 aliphatic heterocycles. The predicted octanol–water partition coefficient (Wildman–Crippen LogP) is -0.545. The monoisotopic (exact) mass is 259 g/mol. The van der Waals surface area contributed by atoms with E-state index in [1.807, 2.05) is 0 Å². The topological polar surface area (TPSA) is 80.3 Å². The minimum absolute atomic E-state index is 0.0154. The molecule has 1 rings (SSSR count). The maximum absolute atomic E-state index is 11.2. The summed E-state index contributed by atoms with van der Waals surface area (Å²) in [6.45, 7) is 0. The Morgan fingerprint density at radius 3 is 2.57 bits per heavy atom. The molecule has 0 saturated heterocycles. The molecule has 0 aromatic carbocycles. The first-order valence-corrected chi connectivity index (χ1v) is 7.72. The highest BCUT2D eigenvalue weighted by molar-refractivity contribution is 7.94. The van der Waals surface area contributed by atoms with Gasteiger partial charge in [0.25, 0.3) is 0 Å². The van der Waals surface area contributed by atoms with Gasteiger partial charge < -0.3 is 0 Å². The Hall–Kier alpha value is -0.110. The van der Waals surface area contributed by atoms with Crippen LogP contribution in [0.1, 0.15) is 0 Å². The Bertz CT molecular complexity index is 425. The van der Waals surface area contributed by atoms with Gasteiger partial charge in [0.05, 0.1) is 17.5 Å². The third-order valence-electron chi connectivity index (χ3n) is 1.61. The van der Waals surface area contributed by atoms with Crippen LogP contribution >= 0.6 is 11.6 Å². The van der Waals surface area contributed by atoms with Crippen molar-refractivity contribution in [2.45, 2.75) is 6.04 Å². The lowest BCUT2D eigenvalue weighted by atomic mass is 10.4. The van der Waals surface area contributed by atoms with Gasteiger partial charge in [-0.25, -0.2) is 21.6 Å². The summed E-state index contributed by atoms with van der Waals surface area (Å²) in [5.41, 5.74) is 0. The van der Waals surface area contributed by atoms with E-state index in [4.69, 9.17) is 11.6 Å². The highest BCUT2D eigenvalue weighted by Crippen LogP contribution is 2.08. The van der Waals surface area contributed by atoms with E-state index >= 15 is 0 Å². The molecule has 0 bridgehead atoms. The molecule has 5 nitrogen and oxygen atoms in total. The molecule has 0 spiro atoms. The normalized spacial score (nSPS) is 25.4. The van der Waals surface area contributed by atoms with Crippen LogP contribution in [0.4, 0.5) is 0 Å². The van der Waals surface area contributed by atoms with Crippen molar-refractivity contribution in [3.05, 3.63) is 11.5 Å². The van der Waals surface area contributed by atoms with Gasteiger partial charge in [-0.2, -0.15) is 0 Å². The van der Waals surface area contributed by atoms with Gasteiger partial charge in [0.1, 0.15) is 0 Å². The SMILES string of the molecule is O=S1(=O)C=CC(NS(=O)(=O)CCCl)C1. The molecule has 82 valence electrons. The summed E-state index contributed by atoms with van der Waals surface area (Å²) in [5.74, 6) is -0.439. The molecule has 0 aromatic heterocycles. The zero-order chi connectivity index (χ0) is 10.8. The average Bonchev–Trinajstić information content (AvgIpc) is 2.28. The Balaban J connectivity index is 2.61. The summed E-state index contributed by atoms with van der Waals surface area (Å²) in [4.78, 5) is 0. The third-order valence-corrected chi connectivity index (χ3v) is 4.82. The molecule has 0 saturated carbocycles. The van der Waals surface area contributed by atoms with E-state index in [2.05, 4.69) is 4.72 Å². The van der Waals surface area contributed by atoms with Crippen LogP contribution in [0.2, 0.25) is 0 Å². The lowest BCUT2D eigenvalue weighted by Gasteiger charge is -2.08. The first-order valence-electron chi connectivity index (χ1n) is 3.81. The lowest BCUT2D eigenvalue weighted by Crippen LogP contribution is -2.37. The molecule has 0 aliphatic carbocycles. The van der Waals surface area contributed by atoms with Crippen molar-refractivity contribution in [1.29, 1.82) is 0 Å². The van der Waals surface area contributed by atoms with Gasteiger partial charge in [-0.1, -0.05) is 6.08 Å². The quantitative estimate of drug-likeness (QED) is 0.688. The van der Waals surface area contributed by atoms with Gasteiger partial charge >= 0.3 is 0 Å². The molecule has 0 radical (unpaired) electrons. The summed E-state index contributed by atoms with van der Waals surface area (Å²) in [6, 6.07) is -0.659. The van der Waals surface area contributed by atoms with Crippen molar-refractivity contribution in [3.8, 4) is 0 Å². The molecule has 0 aromatic rings. The van der Waals surface area contributed by atoms with E-state index in [0.717, 1.165) is 5.41 Å². The van der Waals surface area contributed by atoms with Crippen molar-refractivity contribution in [2.24, 2.45) is 0 Å². The first kappa shape index (κ1) is 12.0. The van der Waals surface area contributed by atoms with E-state index in [1.165, 1.54) is 6.08 Å².